The summed E-state index contributed by atoms with van der Waals surface area (Å²) in [6.45, 7) is 0. The van der Waals surface area contributed by atoms with Gasteiger partial charge in [0.2, 0.25) is 0 Å². The molecule has 1 unspecified atom stereocenters. The summed E-state index contributed by atoms with van der Waals surface area (Å²) in [5.74, 6) is 0. The van der Waals surface area contributed by atoms with Crippen LogP contribution >= 0.6 is 31.9 Å². The zero-order valence-corrected chi connectivity index (χ0v) is 14.0. The van der Waals surface area contributed by atoms with Crippen molar-refractivity contribution in [3.63, 3.8) is 0 Å². The fourth-order valence-corrected chi connectivity index (χ4v) is 2.92. The minimum Gasteiger partial charge on any atom is -0.324 e. The predicted molar refractivity (Wildman–Crippen MR) is 83.9 cm³/mol. The molecule has 1 atom stereocenters. The Morgan fingerprint density at radius 2 is 1.71 bits per heavy atom. The van der Waals surface area contributed by atoms with E-state index in [1.807, 2.05) is 24.3 Å². The molecule has 0 aliphatic heterocycles. The quantitative estimate of drug-likeness (QED) is 0.696. The molecule has 6 heteroatoms. The Morgan fingerprint density at radius 3 is 2.33 bits per heavy atom. The second kappa shape index (κ2) is 6.50. The average Bonchev–Trinajstić information content (AvgIpc) is 2.40. The van der Waals surface area contributed by atoms with Crippen LogP contribution in [-0.2, 0) is 12.6 Å². The number of nitrogens with two attached hydrogens (primary N) is 1. The number of hydrogen-bond donors (Lipinski definition) is 1. The Kier molecular flexibility index (Phi) is 5.11. The fraction of sp³-hybridized carbons (Fsp3) is 0.200. The van der Waals surface area contributed by atoms with Crippen LogP contribution in [0.2, 0.25) is 0 Å². The molecule has 0 heterocycles. The van der Waals surface area contributed by atoms with Gasteiger partial charge in [-0.25, -0.2) is 0 Å². The Morgan fingerprint density at radius 1 is 1.05 bits per heavy atom. The number of alkyl halides is 3. The molecule has 0 radical (unpaired) electrons. The molecule has 0 amide bonds. The first-order chi connectivity index (χ1) is 9.79. The van der Waals surface area contributed by atoms with Crippen molar-refractivity contribution >= 4 is 31.9 Å². The van der Waals surface area contributed by atoms with Crippen molar-refractivity contribution in [1.82, 2.24) is 0 Å². The van der Waals surface area contributed by atoms with E-state index < -0.39 is 17.8 Å². The monoisotopic (exact) mass is 421 g/mol. The van der Waals surface area contributed by atoms with Crippen molar-refractivity contribution < 1.29 is 13.2 Å². The summed E-state index contributed by atoms with van der Waals surface area (Å²) in [6.07, 6.45) is -4.10. The smallest absolute Gasteiger partial charge is 0.324 e. The molecule has 0 saturated heterocycles. The van der Waals surface area contributed by atoms with Crippen LogP contribution < -0.4 is 5.73 Å². The van der Waals surface area contributed by atoms with Gasteiger partial charge in [-0.15, -0.1) is 0 Å². The highest BCUT2D eigenvalue weighted by Crippen LogP contribution is 2.37. The topological polar surface area (TPSA) is 26.0 Å². The van der Waals surface area contributed by atoms with Gasteiger partial charge in [0.15, 0.2) is 0 Å². The van der Waals surface area contributed by atoms with Crippen LogP contribution in [0.1, 0.15) is 22.7 Å². The van der Waals surface area contributed by atoms with Gasteiger partial charge in [-0.05, 0) is 35.7 Å². The Labute approximate surface area is 137 Å². The standard InChI is InChI=1S/C15H12Br2F3N/c16-10-5-6-11(12(8-10)15(18,19)20)14(21)7-9-3-1-2-4-13(9)17/h1-6,8,14H,7,21H2. The lowest BCUT2D eigenvalue weighted by Crippen LogP contribution is -2.19. The van der Waals surface area contributed by atoms with Gasteiger partial charge < -0.3 is 5.73 Å². The third-order valence-corrected chi connectivity index (χ3v) is 4.38. The molecule has 2 aromatic carbocycles. The Hall–Kier alpha value is -0.850. The van der Waals surface area contributed by atoms with Gasteiger partial charge in [-0.1, -0.05) is 56.1 Å². The molecule has 21 heavy (non-hydrogen) atoms. The highest BCUT2D eigenvalue weighted by Gasteiger charge is 2.34. The summed E-state index contributed by atoms with van der Waals surface area (Å²) in [5, 5.41) is 0. The van der Waals surface area contributed by atoms with Crippen LogP contribution in [0.25, 0.3) is 0 Å². The summed E-state index contributed by atoms with van der Waals surface area (Å²) in [6, 6.07) is 10.7. The molecule has 1 nitrogen and oxygen atoms in total. The molecular formula is C15H12Br2F3N. The number of halogens is 5. The second-order valence-electron chi connectivity index (χ2n) is 4.63. The van der Waals surface area contributed by atoms with Crippen molar-refractivity contribution in [3.8, 4) is 0 Å². The van der Waals surface area contributed by atoms with E-state index in [2.05, 4.69) is 31.9 Å². The lowest BCUT2D eigenvalue weighted by Gasteiger charge is -2.19. The van der Waals surface area contributed by atoms with Gasteiger partial charge in [0.05, 0.1) is 5.56 Å². The summed E-state index contributed by atoms with van der Waals surface area (Å²) in [4.78, 5) is 0. The summed E-state index contributed by atoms with van der Waals surface area (Å²) in [5.41, 5.74) is 6.28. The average molecular weight is 423 g/mol. The van der Waals surface area contributed by atoms with Gasteiger partial charge in [-0.2, -0.15) is 13.2 Å². The van der Waals surface area contributed by atoms with Gasteiger partial charge in [0.25, 0.3) is 0 Å². The highest BCUT2D eigenvalue weighted by atomic mass is 79.9. The molecule has 0 aliphatic rings. The largest absolute Gasteiger partial charge is 0.416 e. The molecule has 0 bridgehead atoms. The predicted octanol–water partition coefficient (Wildman–Crippen LogP) is 5.47. The van der Waals surface area contributed by atoms with Gasteiger partial charge in [-0.3, -0.25) is 0 Å². The highest BCUT2D eigenvalue weighted by molar-refractivity contribution is 9.10. The van der Waals surface area contributed by atoms with Gasteiger partial charge in [0, 0.05) is 15.0 Å². The van der Waals surface area contributed by atoms with E-state index in [1.54, 1.807) is 6.07 Å². The molecule has 2 aromatic rings. The molecule has 0 saturated carbocycles. The molecule has 2 N–H and O–H groups in total. The van der Waals surface area contributed by atoms with Crippen LogP contribution in [0.5, 0.6) is 0 Å². The van der Waals surface area contributed by atoms with Crippen LogP contribution in [0.15, 0.2) is 51.4 Å². The molecule has 112 valence electrons. The van der Waals surface area contributed by atoms with E-state index in [-0.39, 0.29) is 5.56 Å². The van der Waals surface area contributed by atoms with Crippen molar-refractivity contribution in [2.75, 3.05) is 0 Å². The normalized spacial score (nSPS) is 13.2. The zero-order chi connectivity index (χ0) is 15.6. The first kappa shape index (κ1) is 16.5. The van der Waals surface area contributed by atoms with Crippen molar-refractivity contribution in [2.45, 2.75) is 18.6 Å². The maximum Gasteiger partial charge on any atom is 0.416 e. The third kappa shape index (κ3) is 4.08. The first-order valence-corrected chi connectivity index (χ1v) is 7.73. The molecule has 0 spiro atoms. The SMILES string of the molecule is NC(Cc1ccccc1Br)c1ccc(Br)cc1C(F)(F)F. The van der Waals surface area contributed by atoms with Crippen molar-refractivity contribution in [3.05, 3.63) is 68.1 Å². The number of hydrogen-bond acceptors (Lipinski definition) is 1. The summed E-state index contributed by atoms with van der Waals surface area (Å²) in [7, 11) is 0. The van der Waals surface area contributed by atoms with E-state index in [0.29, 0.717) is 10.9 Å². The van der Waals surface area contributed by atoms with Crippen LogP contribution in [-0.4, -0.2) is 0 Å². The fourth-order valence-electron chi connectivity index (χ4n) is 2.11. The minimum absolute atomic E-state index is 0.0986. The number of rotatable bonds is 3. The Balaban J connectivity index is 2.36. The van der Waals surface area contributed by atoms with E-state index in [9.17, 15) is 13.2 Å². The van der Waals surface area contributed by atoms with Crippen molar-refractivity contribution in [1.29, 1.82) is 0 Å². The van der Waals surface area contributed by atoms with Crippen molar-refractivity contribution in [2.24, 2.45) is 5.73 Å². The molecule has 0 fully saturated rings. The van der Waals surface area contributed by atoms with Gasteiger partial charge >= 0.3 is 6.18 Å². The maximum atomic E-state index is 13.1. The second-order valence-corrected chi connectivity index (χ2v) is 6.40. The molecule has 0 aromatic heterocycles. The summed E-state index contributed by atoms with van der Waals surface area (Å²) < 4.78 is 40.6. The van der Waals surface area contributed by atoms with Crippen LogP contribution in [0.3, 0.4) is 0 Å². The first-order valence-electron chi connectivity index (χ1n) is 6.14. The summed E-state index contributed by atoms with van der Waals surface area (Å²) >= 11 is 6.45. The van der Waals surface area contributed by atoms with Gasteiger partial charge in [0.1, 0.15) is 0 Å². The Bertz CT molecular complexity index is 641. The lowest BCUT2D eigenvalue weighted by atomic mass is 9.95. The lowest BCUT2D eigenvalue weighted by molar-refractivity contribution is -0.138. The van der Waals surface area contributed by atoms with E-state index in [4.69, 9.17) is 5.73 Å². The minimum atomic E-state index is -4.43. The van der Waals surface area contributed by atoms with Crippen LogP contribution in [0, 0.1) is 0 Å². The van der Waals surface area contributed by atoms with E-state index in [0.717, 1.165) is 16.1 Å². The molecule has 0 aliphatic carbocycles. The van der Waals surface area contributed by atoms with E-state index in [1.165, 1.54) is 6.07 Å². The maximum absolute atomic E-state index is 13.1. The van der Waals surface area contributed by atoms with Crippen LogP contribution in [0.4, 0.5) is 13.2 Å². The third-order valence-electron chi connectivity index (χ3n) is 3.12. The van der Waals surface area contributed by atoms with E-state index >= 15 is 0 Å². The number of benzene rings is 2. The molecule has 2 rings (SSSR count). The zero-order valence-electron chi connectivity index (χ0n) is 10.8. The molecular weight excluding hydrogens is 411 g/mol.